The van der Waals surface area contributed by atoms with Crippen molar-refractivity contribution in [1.29, 1.82) is 5.26 Å². The van der Waals surface area contributed by atoms with Gasteiger partial charge in [0.25, 0.3) is 17.4 Å². The molecule has 0 radical (unpaired) electrons. The Morgan fingerprint density at radius 2 is 1.76 bits per heavy atom. The van der Waals surface area contributed by atoms with Crippen LogP contribution in [0, 0.1) is 11.3 Å². The van der Waals surface area contributed by atoms with E-state index in [1.54, 1.807) is 0 Å². The molecule has 0 saturated heterocycles. The first-order valence-electron chi connectivity index (χ1n) is 10.1. The van der Waals surface area contributed by atoms with Crippen molar-refractivity contribution in [3.63, 3.8) is 0 Å². The second kappa shape index (κ2) is 11.0. The van der Waals surface area contributed by atoms with E-state index in [4.69, 9.17) is 23.2 Å². The third-order valence-electron chi connectivity index (χ3n) is 5.09. The fourth-order valence-corrected chi connectivity index (χ4v) is 3.61. The Labute approximate surface area is 217 Å². The molecule has 1 heterocycles. The number of amides is 2. The van der Waals surface area contributed by atoms with Crippen LogP contribution in [0.25, 0.3) is 0 Å². The molecule has 0 aliphatic rings. The van der Waals surface area contributed by atoms with Gasteiger partial charge in [0.15, 0.2) is 5.54 Å². The summed E-state index contributed by atoms with van der Waals surface area (Å²) < 4.78 is 55.8. The van der Waals surface area contributed by atoms with Gasteiger partial charge in [0, 0.05) is 29.3 Å². The first-order chi connectivity index (χ1) is 17.4. The summed E-state index contributed by atoms with van der Waals surface area (Å²) in [5.74, 6) is -2.94. The van der Waals surface area contributed by atoms with E-state index in [0.717, 1.165) is 30.6 Å². The average molecular weight is 556 g/mol. The number of rotatable bonds is 7. The number of nitriles is 1. The molecule has 0 fully saturated rings. The fraction of sp³-hybridized carbons (Fsp3) is 0.174. The zero-order valence-corrected chi connectivity index (χ0v) is 20.1. The molecule has 0 aliphatic carbocycles. The zero-order valence-electron chi connectivity index (χ0n) is 18.6. The number of alkyl halides is 5. The third-order valence-corrected chi connectivity index (χ3v) is 5.61. The molecule has 0 aliphatic heterocycles. The van der Waals surface area contributed by atoms with E-state index in [-0.39, 0.29) is 27.5 Å². The predicted molar refractivity (Wildman–Crippen MR) is 126 cm³/mol. The number of aromatic nitrogens is 2. The number of hydrogen-bond donors (Lipinski definition) is 1. The Morgan fingerprint density at radius 1 is 1.14 bits per heavy atom. The summed E-state index contributed by atoms with van der Waals surface area (Å²) in [6.07, 6.45) is -1.45. The molecule has 37 heavy (non-hydrogen) atoms. The van der Waals surface area contributed by atoms with Crippen molar-refractivity contribution in [3.05, 3.63) is 77.3 Å². The second-order valence-corrected chi connectivity index (χ2v) is 8.27. The topological polar surface area (TPSA) is 108 Å². The lowest BCUT2D eigenvalue weighted by Crippen LogP contribution is -2.56. The maximum atomic E-state index is 14.2. The minimum Gasteiger partial charge on any atom is -0.406 e. The van der Waals surface area contributed by atoms with E-state index in [1.165, 1.54) is 37.5 Å². The van der Waals surface area contributed by atoms with Gasteiger partial charge in [0.05, 0.1) is 10.6 Å². The smallest absolute Gasteiger partial charge is 0.406 e. The Hall–Kier alpha value is -3.95. The van der Waals surface area contributed by atoms with E-state index in [2.05, 4.69) is 20.0 Å². The lowest BCUT2D eigenvalue weighted by atomic mass is 9.89. The Balaban J connectivity index is 2.15. The van der Waals surface area contributed by atoms with Crippen LogP contribution in [0.2, 0.25) is 5.02 Å². The molecule has 3 rings (SSSR count). The molecule has 192 valence electrons. The van der Waals surface area contributed by atoms with Gasteiger partial charge in [0.1, 0.15) is 18.1 Å². The number of halogens is 6. The number of nitrogens with zero attached hydrogens (tertiary/aromatic N) is 4. The molecule has 0 saturated carbocycles. The minimum atomic E-state index is -4.98. The second-order valence-electron chi connectivity index (χ2n) is 7.48. The summed E-state index contributed by atoms with van der Waals surface area (Å²) in [6.45, 7) is 1.24. The molecular weight excluding hydrogens is 541 g/mol. The fourth-order valence-electron chi connectivity index (χ4n) is 3.35. The minimum absolute atomic E-state index is 0.00301. The van der Waals surface area contributed by atoms with Crippen LogP contribution >= 0.6 is 23.2 Å². The van der Waals surface area contributed by atoms with Crippen LogP contribution in [-0.4, -0.2) is 33.8 Å². The molecule has 1 N–H and O–H groups in total. The highest BCUT2D eigenvalue weighted by Gasteiger charge is 2.47. The van der Waals surface area contributed by atoms with Crippen LogP contribution in [0.15, 0.2) is 61.2 Å². The summed E-state index contributed by atoms with van der Waals surface area (Å²) in [6, 6.07) is 9.67. The molecule has 14 heteroatoms. The predicted octanol–water partition coefficient (Wildman–Crippen LogP) is 5.32. The van der Waals surface area contributed by atoms with E-state index in [1.807, 2.05) is 6.07 Å². The Bertz CT molecular complexity index is 1330. The molecular formula is C23H15Cl2F4N5O3. The first-order valence-corrected chi connectivity index (χ1v) is 10.9. The van der Waals surface area contributed by atoms with Gasteiger partial charge in [-0.2, -0.15) is 5.26 Å². The first kappa shape index (κ1) is 27.6. The summed E-state index contributed by atoms with van der Waals surface area (Å²) in [4.78, 5) is 35.1. The molecule has 0 spiro atoms. The lowest BCUT2D eigenvalue weighted by molar-refractivity contribution is -0.274. The maximum absolute atomic E-state index is 14.2. The summed E-state index contributed by atoms with van der Waals surface area (Å²) >= 11 is 11.4. The SMILES string of the molecule is C[C@](C(=O)Nc1ccc(Cl)c(C#N)c1)(c1cncnc1)N(C(=O)[C@H](F)Cl)c1ccc(OC(F)(F)F)cc1. The Morgan fingerprint density at radius 3 is 2.30 bits per heavy atom. The van der Waals surface area contributed by atoms with Gasteiger partial charge >= 0.3 is 6.36 Å². The van der Waals surface area contributed by atoms with Crippen molar-refractivity contribution in [2.24, 2.45) is 0 Å². The number of hydrogen-bond acceptors (Lipinski definition) is 6. The highest BCUT2D eigenvalue weighted by atomic mass is 35.5. The van der Waals surface area contributed by atoms with Crippen LogP contribution in [0.1, 0.15) is 18.1 Å². The van der Waals surface area contributed by atoms with Crippen LogP contribution in [-0.2, 0) is 15.1 Å². The summed E-state index contributed by atoms with van der Waals surface area (Å²) in [5, 5.41) is 11.9. The maximum Gasteiger partial charge on any atom is 0.573 e. The van der Waals surface area contributed by atoms with Gasteiger partial charge in [0.2, 0.25) is 0 Å². The van der Waals surface area contributed by atoms with Gasteiger partial charge in [-0.25, -0.2) is 14.4 Å². The van der Waals surface area contributed by atoms with Gasteiger partial charge in [-0.15, -0.1) is 13.2 Å². The average Bonchev–Trinajstić information content (AvgIpc) is 2.85. The normalized spacial score (nSPS) is 13.6. The lowest BCUT2D eigenvalue weighted by Gasteiger charge is -2.40. The quantitative estimate of drug-likeness (QED) is 0.312. The molecule has 2 amide bonds. The van der Waals surface area contributed by atoms with Gasteiger partial charge in [-0.1, -0.05) is 23.2 Å². The Kier molecular flexibility index (Phi) is 8.20. The highest BCUT2D eigenvalue weighted by Crippen LogP contribution is 2.37. The molecule has 8 nitrogen and oxygen atoms in total. The largest absolute Gasteiger partial charge is 0.573 e. The molecule has 3 aromatic rings. The van der Waals surface area contributed by atoms with Gasteiger partial charge in [-0.05, 0) is 49.4 Å². The van der Waals surface area contributed by atoms with Gasteiger partial charge in [-0.3, -0.25) is 14.5 Å². The van der Waals surface area contributed by atoms with Crippen LogP contribution < -0.4 is 15.0 Å². The van der Waals surface area contributed by atoms with E-state index >= 15 is 0 Å². The van der Waals surface area contributed by atoms with Crippen molar-refractivity contribution in [3.8, 4) is 11.8 Å². The van der Waals surface area contributed by atoms with E-state index < -0.39 is 35.1 Å². The molecule has 0 unspecified atom stereocenters. The molecule has 2 atom stereocenters. The molecule has 0 bridgehead atoms. The molecule has 1 aromatic heterocycles. The van der Waals surface area contributed by atoms with Crippen LogP contribution in [0.4, 0.5) is 28.9 Å². The highest BCUT2D eigenvalue weighted by molar-refractivity contribution is 6.32. The standard InChI is InChI=1S/C23H15Cl2F4N5O3/c1-22(14-10-31-12-32-11-14,21(36)33-15-2-7-18(24)13(8-15)9-30)34(20(35)19(25)26)16-3-5-17(6-4-16)37-23(27,28)29/h2-8,10-12,19H,1H3,(H,33,36)/t19-,22+/m0/s1. The number of benzene rings is 2. The number of nitrogens with one attached hydrogen (secondary N) is 1. The number of carbonyl (C=O) groups is 2. The van der Waals surface area contributed by atoms with Crippen molar-refractivity contribution in [2.75, 3.05) is 10.2 Å². The number of anilines is 2. The van der Waals surface area contributed by atoms with Crippen LogP contribution in [0.5, 0.6) is 5.75 Å². The third kappa shape index (κ3) is 6.25. The van der Waals surface area contributed by atoms with Crippen molar-refractivity contribution in [2.45, 2.75) is 24.5 Å². The summed E-state index contributed by atoms with van der Waals surface area (Å²) in [7, 11) is 0. The monoisotopic (exact) mass is 555 g/mol. The van der Waals surface area contributed by atoms with Crippen molar-refractivity contribution in [1.82, 2.24) is 9.97 Å². The number of ether oxygens (including phenoxy) is 1. The number of carbonyl (C=O) groups excluding carboxylic acids is 2. The summed E-state index contributed by atoms with van der Waals surface area (Å²) in [5.41, 5.74) is -4.78. The van der Waals surface area contributed by atoms with Crippen molar-refractivity contribution < 1.29 is 31.9 Å². The zero-order chi connectivity index (χ0) is 27.4. The van der Waals surface area contributed by atoms with E-state index in [0.29, 0.717) is 4.90 Å². The van der Waals surface area contributed by atoms with E-state index in [9.17, 15) is 32.4 Å². The van der Waals surface area contributed by atoms with Crippen LogP contribution in [0.3, 0.4) is 0 Å². The van der Waals surface area contributed by atoms with Gasteiger partial charge < -0.3 is 10.1 Å². The molecule has 2 aromatic carbocycles. The van der Waals surface area contributed by atoms with Crippen molar-refractivity contribution >= 4 is 46.4 Å².